The molecule has 0 radical (unpaired) electrons. The van der Waals surface area contributed by atoms with Crippen LogP contribution in [0.5, 0.6) is 0 Å². The Labute approximate surface area is 124 Å². The van der Waals surface area contributed by atoms with Gasteiger partial charge in [-0.2, -0.15) is 0 Å². The summed E-state index contributed by atoms with van der Waals surface area (Å²) in [6.45, 7) is 2.63. The number of carboxylic acid groups (broad SMARTS) is 1. The molecule has 2 aromatic rings. The van der Waals surface area contributed by atoms with Gasteiger partial charge in [0.25, 0.3) is 0 Å². The van der Waals surface area contributed by atoms with Gasteiger partial charge in [0.15, 0.2) is 0 Å². The summed E-state index contributed by atoms with van der Waals surface area (Å²) in [7, 11) is 0. The SMILES string of the molecule is CCNC(CCC(=O)O)C(O)c1ccc2ccccc2c1. The number of aliphatic hydroxyl groups excluding tert-OH is 1. The van der Waals surface area contributed by atoms with Crippen molar-refractivity contribution in [2.75, 3.05) is 6.54 Å². The van der Waals surface area contributed by atoms with E-state index >= 15 is 0 Å². The summed E-state index contributed by atoms with van der Waals surface area (Å²) >= 11 is 0. The van der Waals surface area contributed by atoms with Gasteiger partial charge in [0.1, 0.15) is 0 Å². The third kappa shape index (κ3) is 4.03. The maximum absolute atomic E-state index is 10.7. The first-order valence-electron chi connectivity index (χ1n) is 7.23. The van der Waals surface area contributed by atoms with Crippen LogP contribution in [0.25, 0.3) is 10.8 Å². The van der Waals surface area contributed by atoms with Crippen molar-refractivity contribution in [2.45, 2.75) is 31.9 Å². The minimum atomic E-state index is -0.844. The van der Waals surface area contributed by atoms with Gasteiger partial charge in [-0.25, -0.2) is 0 Å². The summed E-state index contributed by atoms with van der Waals surface area (Å²) < 4.78 is 0. The van der Waals surface area contributed by atoms with E-state index in [1.54, 1.807) is 0 Å². The molecule has 0 aromatic heterocycles. The highest BCUT2D eigenvalue weighted by molar-refractivity contribution is 5.83. The van der Waals surface area contributed by atoms with Gasteiger partial charge in [0.2, 0.25) is 0 Å². The molecule has 2 aromatic carbocycles. The van der Waals surface area contributed by atoms with E-state index in [1.165, 1.54) is 0 Å². The topological polar surface area (TPSA) is 69.6 Å². The van der Waals surface area contributed by atoms with Gasteiger partial charge in [-0.3, -0.25) is 4.79 Å². The number of hydrogen-bond acceptors (Lipinski definition) is 3. The molecule has 3 N–H and O–H groups in total. The second-order valence-electron chi connectivity index (χ2n) is 5.15. The zero-order valence-electron chi connectivity index (χ0n) is 12.1. The summed E-state index contributed by atoms with van der Waals surface area (Å²) in [4.78, 5) is 10.7. The summed E-state index contributed by atoms with van der Waals surface area (Å²) in [6, 6.07) is 13.6. The molecule has 0 aliphatic carbocycles. The van der Waals surface area contributed by atoms with Gasteiger partial charge in [0.05, 0.1) is 6.10 Å². The predicted octanol–water partition coefficient (Wildman–Crippen LogP) is 2.72. The number of carbonyl (C=O) groups is 1. The van der Waals surface area contributed by atoms with Gasteiger partial charge in [-0.05, 0) is 35.4 Å². The van der Waals surface area contributed by atoms with Gasteiger partial charge in [-0.15, -0.1) is 0 Å². The lowest BCUT2D eigenvalue weighted by molar-refractivity contribution is -0.137. The summed E-state index contributed by atoms with van der Waals surface area (Å²) in [5.41, 5.74) is 0.810. The summed E-state index contributed by atoms with van der Waals surface area (Å²) in [6.07, 6.45) is -0.270. The molecule has 0 fully saturated rings. The second kappa shape index (κ2) is 7.20. The molecule has 0 aliphatic heterocycles. The van der Waals surface area contributed by atoms with Gasteiger partial charge < -0.3 is 15.5 Å². The number of carboxylic acids is 1. The van der Waals surface area contributed by atoms with Crippen molar-refractivity contribution in [1.82, 2.24) is 5.32 Å². The van der Waals surface area contributed by atoms with Crippen LogP contribution in [0.15, 0.2) is 42.5 Å². The van der Waals surface area contributed by atoms with Crippen molar-refractivity contribution >= 4 is 16.7 Å². The van der Waals surface area contributed by atoms with Crippen molar-refractivity contribution < 1.29 is 15.0 Å². The van der Waals surface area contributed by atoms with Crippen LogP contribution < -0.4 is 5.32 Å². The molecule has 4 heteroatoms. The molecule has 0 amide bonds. The molecule has 2 rings (SSSR count). The summed E-state index contributed by atoms with van der Waals surface area (Å²) in [5, 5.41) is 24.7. The maximum Gasteiger partial charge on any atom is 0.303 e. The number of nitrogens with one attached hydrogen (secondary N) is 1. The average Bonchev–Trinajstić information content (AvgIpc) is 2.50. The molecule has 0 heterocycles. The third-order valence-corrected chi connectivity index (χ3v) is 3.63. The number of fused-ring (bicyclic) bond motifs is 1. The van der Waals surface area contributed by atoms with Crippen molar-refractivity contribution in [1.29, 1.82) is 0 Å². The van der Waals surface area contributed by atoms with Gasteiger partial charge >= 0.3 is 5.97 Å². The Morgan fingerprint density at radius 2 is 1.90 bits per heavy atom. The lowest BCUT2D eigenvalue weighted by Crippen LogP contribution is -2.35. The fourth-order valence-electron chi connectivity index (χ4n) is 2.54. The molecule has 0 bridgehead atoms. The molecule has 0 spiro atoms. The second-order valence-corrected chi connectivity index (χ2v) is 5.15. The van der Waals surface area contributed by atoms with Crippen LogP contribution in [0.3, 0.4) is 0 Å². The number of rotatable bonds is 7. The Morgan fingerprint density at radius 1 is 1.19 bits per heavy atom. The highest BCUT2D eigenvalue weighted by Gasteiger charge is 2.21. The van der Waals surface area contributed by atoms with Crippen LogP contribution in [0.2, 0.25) is 0 Å². The Morgan fingerprint density at radius 3 is 2.57 bits per heavy atom. The molecule has 21 heavy (non-hydrogen) atoms. The standard InChI is InChI=1S/C17H21NO3/c1-2-18-15(9-10-16(19)20)17(21)14-8-7-12-5-3-4-6-13(12)11-14/h3-8,11,15,17-18,21H,2,9-10H2,1H3,(H,19,20). The molecule has 0 saturated heterocycles. The molecule has 112 valence electrons. The minimum Gasteiger partial charge on any atom is -0.481 e. The van der Waals surface area contributed by atoms with Gasteiger partial charge in [0, 0.05) is 12.5 Å². The molecular weight excluding hydrogens is 266 g/mol. The zero-order chi connectivity index (χ0) is 15.2. The van der Waals surface area contributed by atoms with E-state index in [0.29, 0.717) is 13.0 Å². The van der Waals surface area contributed by atoms with E-state index in [-0.39, 0.29) is 12.5 Å². The molecular formula is C17H21NO3. The number of hydrogen-bond donors (Lipinski definition) is 3. The first-order chi connectivity index (χ1) is 10.1. The highest BCUT2D eigenvalue weighted by atomic mass is 16.4. The molecule has 2 atom stereocenters. The largest absolute Gasteiger partial charge is 0.481 e. The summed E-state index contributed by atoms with van der Waals surface area (Å²) in [5.74, 6) is -0.844. The van der Waals surface area contributed by atoms with E-state index in [0.717, 1.165) is 16.3 Å². The first kappa shape index (κ1) is 15.5. The number of aliphatic hydroxyl groups is 1. The molecule has 2 unspecified atom stereocenters. The van der Waals surface area contributed by atoms with E-state index in [9.17, 15) is 9.90 Å². The number of aliphatic carboxylic acids is 1. The average molecular weight is 287 g/mol. The lowest BCUT2D eigenvalue weighted by atomic mass is 9.96. The smallest absolute Gasteiger partial charge is 0.303 e. The van der Waals surface area contributed by atoms with Crippen LogP contribution in [0.1, 0.15) is 31.4 Å². The molecule has 0 aliphatic rings. The van der Waals surface area contributed by atoms with Crippen LogP contribution in [-0.2, 0) is 4.79 Å². The number of likely N-dealkylation sites (N-methyl/N-ethyl adjacent to an activating group) is 1. The van der Waals surface area contributed by atoms with Gasteiger partial charge in [-0.1, -0.05) is 43.3 Å². The van der Waals surface area contributed by atoms with Crippen LogP contribution in [-0.4, -0.2) is 28.8 Å². The Kier molecular flexibility index (Phi) is 5.31. The third-order valence-electron chi connectivity index (χ3n) is 3.63. The van der Waals surface area contributed by atoms with E-state index in [2.05, 4.69) is 5.32 Å². The van der Waals surface area contributed by atoms with Crippen molar-refractivity contribution in [2.24, 2.45) is 0 Å². The highest BCUT2D eigenvalue weighted by Crippen LogP contribution is 2.24. The fraction of sp³-hybridized carbons (Fsp3) is 0.353. The van der Waals surface area contributed by atoms with E-state index in [1.807, 2.05) is 49.4 Å². The van der Waals surface area contributed by atoms with Crippen molar-refractivity contribution in [3.63, 3.8) is 0 Å². The Bertz CT molecular complexity index is 612. The minimum absolute atomic E-state index is 0.0440. The van der Waals surface area contributed by atoms with Crippen LogP contribution in [0, 0.1) is 0 Å². The molecule has 4 nitrogen and oxygen atoms in total. The lowest BCUT2D eigenvalue weighted by Gasteiger charge is -2.24. The Hall–Kier alpha value is -1.91. The Balaban J connectivity index is 2.20. The van der Waals surface area contributed by atoms with E-state index < -0.39 is 12.1 Å². The maximum atomic E-state index is 10.7. The fourth-order valence-corrected chi connectivity index (χ4v) is 2.54. The molecule has 0 saturated carbocycles. The zero-order valence-corrected chi connectivity index (χ0v) is 12.1. The monoisotopic (exact) mass is 287 g/mol. The van der Waals surface area contributed by atoms with Crippen molar-refractivity contribution in [3.05, 3.63) is 48.0 Å². The normalized spacial score (nSPS) is 14.0. The first-order valence-corrected chi connectivity index (χ1v) is 7.23. The van der Waals surface area contributed by atoms with Crippen LogP contribution >= 0.6 is 0 Å². The predicted molar refractivity (Wildman–Crippen MR) is 83.2 cm³/mol. The quantitative estimate of drug-likeness (QED) is 0.732. The number of benzene rings is 2. The van der Waals surface area contributed by atoms with Crippen molar-refractivity contribution in [3.8, 4) is 0 Å². The van der Waals surface area contributed by atoms with E-state index in [4.69, 9.17) is 5.11 Å². The van der Waals surface area contributed by atoms with Crippen LogP contribution in [0.4, 0.5) is 0 Å².